The number of nitrogens with zero attached hydrogens (tertiary/aromatic N) is 1. The van der Waals surface area contributed by atoms with Crippen LogP contribution < -0.4 is 0 Å². The van der Waals surface area contributed by atoms with Gasteiger partial charge in [0.25, 0.3) is 0 Å². The van der Waals surface area contributed by atoms with Crippen molar-refractivity contribution >= 4 is 5.97 Å². The van der Waals surface area contributed by atoms with Gasteiger partial charge in [-0.25, -0.2) is 0 Å². The standard InChI is InChI=1S/C15H25NO3/c1-15(7-2-10-19-15)11-18-14(17)12-5-8-16(9-6-12)13-3-4-13/h12-13H,2-11H2,1H3/t15-/m1/s1. The summed E-state index contributed by atoms with van der Waals surface area (Å²) in [6.45, 7) is 5.40. The van der Waals surface area contributed by atoms with Crippen molar-refractivity contribution in [3.8, 4) is 0 Å². The fourth-order valence-electron chi connectivity index (χ4n) is 3.23. The molecule has 1 atom stereocenters. The first kappa shape index (κ1) is 13.4. The number of rotatable bonds is 4. The molecule has 0 aromatic heterocycles. The number of ether oxygens (including phenoxy) is 2. The van der Waals surface area contributed by atoms with Crippen LogP contribution in [0.25, 0.3) is 0 Å². The van der Waals surface area contributed by atoms with Crippen molar-refractivity contribution in [1.29, 1.82) is 0 Å². The van der Waals surface area contributed by atoms with Gasteiger partial charge in [0.2, 0.25) is 0 Å². The highest BCUT2D eigenvalue weighted by Gasteiger charge is 2.36. The summed E-state index contributed by atoms with van der Waals surface area (Å²) in [6.07, 6.45) is 6.71. The van der Waals surface area contributed by atoms with E-state index < -0.39 is 0 Å². The van der Waals surface area contributed by atoms with Gasteiger partial charge in [0.1, 0.15) is 6.61 Å². The second kappa shape index (κ2) is 5.41. The third-order valence-electron chi connectivity index (χ3n) is 4.75. The lowest BCUT2D eigenvalue weighted by Gasteiger charge is -2.31. The van der Waals surface area contributed by atoms with E-state index in [2.05, 4.69) is 4.90 Å². The molecule has 0 bridgehead atoms. The number of likely N-dealkylation sites (tertiary alicyclic amines) is 1. The molecular weight excluding hydrogens is 242 g/mol. The number of hydrogen-bond donors (Lipinski definition) is 0. The van der Waals surface area contributed by atoms with Gasteiger partial charge in [-0.2, -0.15) is 0 Å². The van der Waals surface area contributed by atoms with E-state index in [1.807, 2.05) is 6.92 Å². The third-order valence-corrected chi connectivity index (χ3v) is 4.75. The zero-order chi connectivity index (χ0) is 13.3. The summed E-state index contributed by atoms with van der Waals surface area (Å²) in [5.41, 5.74) is -0.232. The topological polar surface area (TPSA) is 38.8 Å². The van der Waals surface area contributed by atoms with Crippen LogP contribution >= 0.6 is 0 Å². The molecule has 2 heterocycles. The number of carbonyl (C=O) groups is 1. The number of carbonyl (C=O) groups excluding carboxylic acids is 1. The normalized spacial score (nSPS) is 33.5. The number of hydrogen-bond acceptors (Lipinski definition) is 4. The molecule has 3 aliphatic rings. The second-order valence-electron chi connectivity index (χ2n) is 6.55. The first-order valence-corrected chi connectivity index (χ1v) is 7.71. The van der Waals surface area contributed by atoms with Gasteiger partial charge in [-0.05, 0) is 58.5 Å². The zero-order valence-corrected chi connectivity index (χ0v) is 11.9. The summed E-state index contributed by atoms with van der Waals surface area (Å²) in [7, 11) is 0. The summed E-state index contributed by atoms with van der Waals surface area (Å²) in [5, 5.41) is 0. The summed E-state index contributed by atoms with van der Waals surface area (Å²) in [6, 6.07) is 0.822. The van der Waals surface area contributed by atoms with Crippen LogP contribution in [0.1, 0.15) is 45.4 Å². The molecule has 0 aromatic carbocycles. The van der Waals surface area contributed by atoms with Crippen molar-refractivity contribution in [2.75, 3.05) is 26.3 Å². The molecule has 3 fully saturated rings. The minimum atomic E-state index is -0.232. The van der Waals surface area contributed by atoms with Gasteiger partial charge in [0.15, 0.2) is 0 Å². The van der Waals surface area contributed by atoms with E-state index in [0.717, 1.165) is 51.4 Å². The molecule has 0 radical (unpaired) electrons. The minimum absolute atomic E-state index is 0.00725. The van der Waals surface area contributed by atoms with E-state index in [0.29, 0.717) is 6.61 Å². The lowest BCUT2D eigenvalue weighted by atomic mass is 9.96. The molecule has 4 heteroatoms. The molecule has 0 spiro atoms. The fraction of sp³-hybridized carbons (Fsp3) is 0.933. The first-order chi connectivity index (χ1) is 9.16. The van der Waals surface area contributed by atoms with Gasteiger partial charge in [-0.15, -0.1) is 0 Å². The Morgan fingerprint density at radius 3 is 2.63 bits per heavy atom. The molecule has 2 saturated heterocycles. The largest absolute Gasteiger partial charge is 0.462 e. The summed E-state index contributed by atoms with van der Waals surface area (Å²) in [4.78, 5) is 14.6. The minimum Gasteiger partial charge on any atom is -0.462 e. The van der Waals surface area contributed by atoms with Crippen molar-refractivity contribution < 1.29 is 14.3 Å². The van der Waals surface area contributed by atoms with E-state index in [1.54, 1.807) is 0 Å². The van der Waals surface area contributed by atoms with Gasteiger partial charge in [-0.3, -0.25) is 4.79 Å². The quantitative estimate of drug-likeness (QED) is 0.730. The highest BCUT2D eigenvalue weighted by Crippen LogP contribution is 2.31. The van der Waals surface area contributed by atoms with Crippen LogP contribution in [0.15, 0.2) is 0 Å². The highest BCUT2D eigenvalue weighted by atomic mass is 16.6. The molecule has 1 saturated carbocycles. The van der Waals surface area contributed by atoms with E-state index in [1.165, 1.54) is 12.8 Å². The molecule has 19 heavy (non-hydrogen) atoms. The lowest BCUT2D eigenvalue weighted by molar-refractivity contribution is -0.157. The zero-order valence-electron chi connectivity index (χ0n) is 11.9. The Hall–Kier alpha value is -0.610. The maximum atomic E-state index is 12.1. The molecule has 3 rings (SSSR count). The van der Waals surface area contributed by atoms with E-state index >= 15 is 0 Å². The van der Waals surface area contributed by atoms with Crippen molar-refractivity contribution in [2.24, 2.45) is 5.92 Å². The van der Waals surface area contributed by atoms with Gasteiger partial charge >= 0.3 is 5.97 Å². The van der Waals surface area contributed by atoms with Crippen LogP contribution in [-0.2, 0) is 14.3 Å². The predicted molar refractivity (Wildman–Crippen MR) is 71.9 cm³/mol. The van der Waals surface area contributed by atoms with E-state index in [-0.39, 0.29) is 17.5 Å². The molecule has 0 amide bonds. The van der Waals surface area contributed by atoms with Gasteiger partial charge < -0.3 is 14.4 Å². The van der Waals surface area contributed by atoms with Crippen molar-refractivity contribution in [2.45, 2.75) is 57.1 Å². The Labute approximate surface area is 115 Å². The SMILES string of the molecule is C[C@]1(COC(=O)C2CCN(C3CC3)CC2)CCCO1. The first-order valence-electron chi connectivity index (χ1n) is 7.71. The van der Waals surface area contributed by atoms with Crippen LogP contribution in [0.4, 0.5) is 0 Å². The average molecular weight is 267 g/mol. The summed E-state index contributed by atoms with van der Waals surface area (Å²) in [5.74, 6) is 0.104. The monoisotopic (exact) mass is 267 g/mol. The van der Waals surface area contributed by atoms with Crippen LogP contribution in [0.3, 0.4) is 0 Å². The predicted octanol–water partition coefficient (Wildman–Crippen LogP) is 1.97. The average Bonchev–Trinajstić information content (AvgIpc) is 3.19. The van der Waals surface area contributed by atoms with Gasteiger partial charge in [0.05, 0.1) is 11.5 Å². The number of piperidine rings is 1. The summed E-state index contributed by atoms with van der Waals surface area (Å²) >= 11 is 0. The second-order valence-corrected chi connectivity index (χ2v) is 6.55. The molecule has 4 nitrogen and oxygen atoms in total. The Morgan fingerprint density at radius 2 is 2.05 bits per heavy atom. The lowest BCUT2D eigenvalue weighted by Crippen LogP contribution is -2.39. The molecule has 1 aliphatic carbocycles. The van der Waals surface area contributed by atoms with Crippen LogP contribution in [0, 0.1) is 5.92 Å². The van der Waals surface area contributed by atoms with Crippen LogP contribution in [-0.4, -0.2) is 48.8 Å². The molecule has 108 valence electrons. The molecule has 2 aliphatic heterocycles. The Morgan fingerprint density at radius 1 is 1.32 bits per heavy atom. The Bertz CT molecular complexity index is 326. The summed E-state index contributed by atoms with van der Waals surface area (Å²) < 4.78 is 11.1. The van der Waals surface area contributed by atoms with E-state index in [9.17, 15) is 4.79 Å². The fourth-order valence-corrected chi connectivity index (χ4v) is 3.23. The van der Waals surface area contributed by atoms with E-state index in [4.69, 9.17) is 9.47 Å². The maximum Gasteiger partial charge on any atom is 0.309 e. The Kier molecular flexibility index (Phi) is 3.81. The molecular formula is C15H25NO3. The molecule has 0 aromatic rings. The van der Waals surface area contributed by atoms with Crippen LogP contribution in [0.5, 0.6) is 0 Å². The van der Waals surface area contributed by atoms with Crippen molar-refractivity contribution in [3.63, 3.8) is 0 Å². The van der Waals surface area contributed by atoms with Crippen LogP contribution in [0.2, 0.25) is 0 Å². The highest BCUT2D eigenvalue weighted by molar-refractivity contribution is 5.72. The smallest absolute Gasteiger partial charge is 0.309 e. The third kappa shape index (κ3) is 3.29. The number of esters is 1. The van der Waals surface area contributed by atoms with Gasteiger partial charge in [-0.1, -0.05) is 0 Å². The van der Waals surface area contributed by atoms with Crippen molar-refractivity contribution in [1.82, 2.24) is 4.90 Å². The molecule has 0 unspecified atom stereocenters. The molecule has 0 N–H and O–H groups in total. The maximum absolute atomic E-state index is 12.1. The van der Waals surface area contributed by atoms with Gasteiger partial charge in [0, 0.05) is 12.6 Å². The van der Waals surface area contributed by atoms with Crippen molar-refractivity contribution in [3.05, 3.63) is 0 Å². The Balaban J connectivity index is 1.40.